The van der Waals surface area contributed by atoms with E-state index in [1.54, 1.807) is 42.5 Å². The molecule has 0 saturated carbocycles. The average molecular weight is 290 g/mol. The minimum atomic E-state index is -4.34. The quantitative estimate of drug-likeness (QED) is 0.525. The molecule has 20 heavy (non-hydrogen) atoms. The van der Waals surface area contributed by atoms with Gasteiger partial charge in [-0.2, -0.15) is 8.42 Å². The van der Waals surface area contributed by atoms with Crippen molar-refractivity contribution in [3.05, 3.63) is 72.4 Å². The molecule has 0 radical (unpaired) electrons. The molecular formula is C15H14O4S. The maximum Gasteiger partial charge on any atom is 0.278 e. The number of allylic oxidation sites excluding steroid dienone is 4. The van der Waals surface area contributed by atoms with E-state index < -0.39 is 14.9 Å². The number of rotatable bonds is 4. The Kier molecular flexibility index (Phi) is 4.01. The fraction of sp³-hybridized carbons (Fsp3) is 0.133. The molecule has 0 bridgehead atoms. The van der Waals surface area contributed by atoms with E-state index in [9.17, 15) is 17.8 Å². The highest BCUT2D eigenvalue weighted by Gasteiger charge is 2.37. The van der Waals surface area contributed by atoms with E-state index in [-0.39, 0.29) is 12.2 Å². The molecule has 5 heteroatoms. The molecule has 0 amide bonds. The fourth-order valence-electron chi connectivity index (χ4n) is 1.93. The lowest BCUT2D eigenvalue weighted by Crippen LogP contribution is -2.34. The van der Waals surface area contributed by atoms with E-state index in [1.165, 1.54) is 24.3 Å². The van der Waals surface area contributed by atoms with Crippen molar-refractivity contribution < 1.29 is 17.8 Å². The molecule has 1 unspecified atom stereocenters. The van der Waals surface area contributed by atoms with E-state index in [1.807, 2.05) is 0 Å². The second kappa shape index (κ2) is 5.56. The van der Waals surface area contributed by atoms with Crippen LogP contribution in [-0.2, 0) is 10.1 Å². The maximum atomic E-state index is 12.0. The van der Waals surface area contributed by atoms with Gasteiger partial charge in [-0.3, -0.25) is 9.35 Å². The van der Waals surface area contributed by atoms with Gasteiger partial charge in [0, 0.05) is 5.56 Å². The lowest BCUT2D eigenvalue weighted by atomic mass is 9.98. The number of hydrogen-bond acceptors (Lipinski definition) is 3. The van der Waals surface area contributed by atoms with Crippen molar-refractivity contribution >= 4 is 15.9 Å². The van der Waals surface area contributed by atoms with Crippen molar-refractivity contribution in [2.24, 2.45) is 0 Å². The van der Waals surface area contributed by atoms with Gasteiger partial charge < -0.3 is 0 Å². The van der Waals surface area contributed by atoms with E-state index in [4.69, 9.17) is 0 Å². The number of hydrogen-bond donors (Lipinski definition) is 1. The summed E-state index contributed by atoms with van der Waals surface area (Å²) >= 11 is 0. The van der Waals surface area contributed by atoms with Crippen LogP contribution in [0, 0.1) is 0 Å². The summed E-state index contributed by atoms with van der Waals surface area (Å²) in [5.74, 6) is -0.309. The molecule has 1 aromatic rings. The Labute approximate surface area is 117 Å². The van der Waals surface area contributed by atoms with Crippen molar-refractivity contribution in [1.29, 1.82) is 0 Å². The number of carbonyl (C=O) groups excluding carboxylic acids is 1. The predicted octanol–water partition coefficient (Wildman–Crippen LogP) is 2.57. The van der Waals surface area contributed by atoms with Crippen molar-refractivity contribution in [3.63, 3.8) is 0 Å². The normalized spacial score (nSPS) is 22.2. The van der Waals surface area contributed by atoms with Gasteiger partial charge in [-0.1, -0.05) is 60.7 Å². The monoisotopic (exact) mass is 290 g/mol. The van der Waals surface area contributed by atoms with Crippen LogP contribution in [0.2, 0.25) is 0 Å². The van der Waals surface area contributed by atoms with Crippen LogP contribution < -0.4 is 0 Å². The predicted molar refractivity (Wildman–Crippen MR) is 77.1 cm³/mol. The molecule has 1 aromatic carbocycles. The Morgan fingerprint density at radius 1 is 1.20 bits per heavy atom. The summed E-state index contributed by atoms with van der Waals surface area (Å²) in [5.41, 5.74) is 0.463. The average Bonchev–Trinajstić information content (AvgIpc) is 2.45. The van der Waals surface area contributed by atoms with E-state index in [2.05, 4.69) is 0 Å². The highest BCUT2D eigenvalue weighted by molar-refractivity contribution is 7.87. The molecule has 0 aliphatic heterocycles. The first-order valence-electron chi connectivity index (χ1n) is 6.05. The maximum absolute atomic E-state index is 12.0. The largest absolute Gasteiger partial charge is 0.289 e. The molecule has 0 saturated heterocycles. The van der Waals surface area contributed by atoms with Crippen LogP contribution >= 0.6 is 0 Å². The Bertz CT molecular complexity index is 684. The van der Waals surface area contributed by atoms with Crippen molar-refractivity contribution in [3.8, 4) is 0 Å². The van der Waals surface area contributed by atoms with Crippen LogP contribution in [0.15, 0.2) is 66.8 Å². The van der Waals surface area contributed by atoms with Crippen LogP contribution in [0.1, 0.15) is 16.8 Å². The van der Waals surface area contributed by atoms with Gasteiger partial charge in [0.15, 0.2) is 5.78 Å². The molecule has 2 rings (SSSR count). The number of benzene rings is 1. The third-order valence-electron chi connectivity index (χ3n) is 3.12. The second-order valence-corrected chi connectivity index (χ2v) is 6.20. The highest BCUT2D eigenvalue weighted by atomic mass is 32.2. The molecule has 0 heterocycles. The summed E-state index contributed by atoms with van der Waals surface area (Å²) in [6, 6.07) is 8.52. The van der Waals surface area contributed by atoms with Gasteiger partial charge in [0.1, 0.15) is 4.75 Å². The molecule has 0 aromatic heterocycles. The first-order valence-corrected chi connectivity index (χ1v) is 7.49. The van der Waals surface area contributed by atoms with E-state index in [0.717, 1.165) is 0 Å². The molecule has 104 valence electrons. The van der Waals surface area contributed by atoms with Gasteiger partial charge >= 0.3 is 0 Å². The van der Waals surface area contributed by atoms with Crippen LogP contribution in [0.5, 0.6) is 0 Å². The van der Waals surface area contributed by atoms with Gasteiger partial charge in [0.05, 0.1) is 0 Å². The zero-order chi connectivity index (χ0) is 14.6. The smallest absolute Gasteiger partial charge is 0.278 e. The molecule has 0 spiro atoms. The SMILES string of the molecule is O=C(C=CC1(S(=O)(=O)O)C=CC=CC1)c1ccccc1. The lowest BCUT2D eigenvalue weighted by Gasteiger charge is -2.23. The third kappa shape index (κ3) is 2.95. The molecule has 1 N–H and O–H groups in total. The van der Waals surface area contributed by atoms with Crippen LogP contribution in [-0.4, -0.2) is 23.5 Å². The molecule has 1 aliphatic rings. The summed E-state index contributed by atoms with van der Waals surface area (Å²) in [6.07, 6.45) is 8.75. The molecule has 1 aliphatic carbocycles. The molecule has 1 atom stereocenters. The minimum Gasteiger partial charge on any atom is -0.289 e. The van der Waals surface area contributed by atoms with Crippen molar-refractivity contribution in [2.75, 3.05) is 0 Å². The summed E-state index contributed by atoms with van der Waals surface area (Å²) in [4.78, 5) is 12.0. The lowest BCUT2D eigenvalue weighted by molar-refractivity contribution is 0.104. The van der Waals surface area contributed by atoms with E-state index >= 15 is 0 Å². The first kappa shape index (κ1) is 14.4. The van der Waals surface area contributed by atoms with Crippen molar-refractivity contribution in [2.45, 2.75) is 11.2 Å². The Balaban J connectivity index is 2.30. The summed E-state index contributed by atoms with van der Waals surface area (Å²) in [5, 5.41) is 0. The van der Waals surface area contributed by atoms with E-state index in [0.29, 0.717) is 5.56 Å². The first-order chi connectivity index (χ1) is 9.45. The topological polar surface area (TPSA) is 71.4 Å². The third-order valence-corrected chi connectivity index (χ3v) is 4.52. The standard InChI is InChI=1S/C15H14O4S/c16-14(13-7-3-1-4-8-13)9-12-15(20(17,18)19)10-5-2-6-11-15/h1-10,12H,11H2,(H,17,18,19). The van der Waals surface area contributed by atoms with Gasteiger partial charge in [-0.05, 0) is 12.5 Å². The molecule has 4 nitrogen and oxygen atoms in total. The zero-order valence-electron chi connectivity index (χ0n) is 10.6. The Morgan fingerprint density at radius 3 is 2.45 bits per heavy atom. The fourth-order valence-corrected chi connectivity index (χ4v) is 2.73. The van der Waals surface area contributed by atoms with Gasteiger partial charge in [0.2, 0.25) is 0 Å². The minimum absolute atomic E-state index is 0.0981. The molecule has 0 fully saturated rings. The van der Waals surface area contributed by atoms with Crippen LogP contribution in [0.4, 0.5) is 0 Å². The summed E-state index contributed by atoms with van der Waals surface area (Å²) in [6.45, 7) is 0. The van der Waals surface area contributed by atoms with Gasteiger partial charge in [-0.25, -0.2) is 0 Å². The Morgan fingerprint density at radius 2 is 1.90 bits per heavy atom. The van der Waals surface area contributed by atoms with Gasteiger partial charge in [0.25, 0.3) is 10.1 Å². The number of ketones is 1. The van der Waals surface area contributed by atoms with Crippen LogP contribution in [0.25, 0.3) is 0 Å². The summed E-state index contributed by atoms with van der Waals surface area (Å²) in [7, 11) is -4.34. The molecular weight excluding hydrogens is 276 g/mol. The van der Waals surface area contributed by atoms with Gasteiger partial charge in [-0.15, -0.1) is 0 Å². The highest BCUT2D eigenvalue weighted by Crippen LogP contribution is 2.28. The zero-order valence-corrected chi connectivity index (χ0v) is 11.5. The van der Waals surface area contributed by atoms with Crippen LogP contribution in [0.3, 0.4) is 0 Å². The van der Waals surface area contributed by atoms with Crippen molar-refractivity contribution in [1.82, 2.24) is 0 Å². The number of carbonyl (C=O) groups is 1. The second-order valence-electron chi connectivity index (χ2n) is 4.49. The Hall–Kier alpha value is -1.98. The summed E-state index contributed by atoms with van der Waals surface area (Å²) < 4.78 is 31.0.